The predicted molar refractivity (Wildman–Crippen MR) is 61.4 cm³/mol. The summed E-state index contributed by atoms with van der Waals surface area (Å²) in [6.07, 6.45) is 0. The fourth-order valence-electron chi connectivity index (χ4n) is 1.53. The van der Waals surface area contributed by atoms with Crippen molar-refractivity contribution in [2.75, 3.05) is 20.8 Å². The largest absolute Gasteiger partial charge is 0.496 e. The lowest BCUT2D eigenvalue weighted by Crippen LogP contribution is -2.27. The summed E-state index contributed by atoms with van der Waals surface area (Å²) in [4.78, 5) is 11.0. The molecule has 0 saturated heterocycles. The molecule has 0 aliphatic heterocycles. The second-order valence-corrected chi connectivity index (χ2v) is 3.53. The van der Waals surface area contributed by atoms with Gasteiger partial charge in [0, 0.05) is 11.6 Å². The average Bonchev–Trinajstić information content (AvgIpc) is 2.34. The minimum atomic E-state index is -0.396. The Bertz CT molecular complexity index is 395. The average molecular weight is 241 g/mol. The summed E-state index contributed by atoms with van der Waals surface area (Å²) in [6.45, 7) is 1.78. The first-order valence-corrected chi connectivity index (χ1v) is 5.22. The first kappa shape index (κ1) is 13.4. The lowest BCUT2D eigenvalue weighted by Gasteiger charge is -2.17. The van der Waals surface area contributed by atoms with Gasteiger partial charge in [0.05, 0.1) is 20.8 Å². The Balaban J connectivity index is 2.80. The van der Waals surface area contributed by atoms with E-state index in [1.165, 1.54) is 20.3 Å². The molecule has 17 heavy (non-hydrogen) atoms. The monoisotopic (exact) mass is 241 g/mol. The molecule has 0 heterocycles. The van der Waals surface area contributed by atoms with Crippen molar-refractivity contribution in [1.29, 1.82) is 0 Å². The van der Waals surface area contributed by atoms with E-state index in [1.807, 2.05) is 0 Å². The molecule has 5 heteroatoms. The van der Waals surface area contributed by atoms with Crippen LogP contribution in [-0.2, 0) is 9.53 Å². The number of nitrogens with one attached hydrogen (secondary N) is 1. The molecule has 1 aromatic carbocycles. The number of esters is 1. The number of methoxy groups -OCH3 is 2. The molecule has 94 valence electrons. The van der Waals surface area contributed by atoms with Crippen LogP contribution < -0.4 is 10.1 Å². The van der Waals surface area contributed by atoms with E-state index in [1.54, 1.807) is 19.1 Å². The number of carbonyl (C=O) groups excluding carboxylic acids is 1. The Morgan fingerprint density at radius 2 is 2.18 bits per heavy atom. The fourth-order valence-corrected chi connectivity index (χ4v) is 1.53. The van der Waals surface area contributed by atoms with Gasteiger partial charge in [-0.3, -0.25) is 4.79 Å². The highest BCUT2D eigenvalue weighted by molar-refractivity contribution is 5.71. The van der Waals surface area contributed by atoms with Gasteiger partial charge in [0.1, 0.15) is 11.6 Å². The van der Waals surface area contributed by atoms with Crippen molar-refractivity contribution in [3.05, 3.63) is 29.6 Å². The number of ether oxygens (including phenoxy) is 2. The van der Waals surface area contributed by atoms with Crippen molar-refractivity contribution >= 4 is 5.97 Å². The van der Waals surface area contributed by atoms with E-state index < -0.39 is 5.97 Å². The number of hydrogen-bond donors (Lipinski definition) is 1. The molecule has 1 atom stereocenters. The quantitative estimate of drug-likeness (QED) is 0.796. The van der Waals surface area contributed by atoms with E-state index in [0.717, 1.165) is 0 Å². The number of hydrogen-bond acceptors (Lipinski definition) is 4. The van der Waals surface area contributed by atoms with Gasteiger partial charge in [-0.15, -0.1) is 0 Å². The molecule has 0 aliphatic carbocycles. The number of carbonyl (C=O) groups is 1. The summed E-state index contributed by atoms with van der Waals surface area (Å²) in [7, 11) is 2.78. The van der Waals surface area contributed by atoms with Gasteiger partial charge in [0.25, 0.3) is 0 Å². The predicted octanol–water partition coefficient (Wildman–Crippen LogP) is 1.66. The number of benzene rings is 1. The SMILES string of the molecule is COC(=O)CN[C@@H](C)c1c(F)cccc1OC. The molecule has 0 radical (unpaired) electrons. The van der Waals surface area contributed by atoms with Gasteiger partial charge in [0.15, 0.2) is 0 Å². The molecule has 0 saturated carbocycles. The smallest absolute Gasteiger partial charge is 0.319 e. The Morgan fingerprint density at radius 3 is 2.76 bits per heavy atom. The van der Waals surface area contributed by atoms with Gasteiger partial charge < -0.3 is 14.8 Å². The van der Waals surface area contributed by atoms with Gasteiger partial charge in [-0.1, -0.05) is 6.07 Å². The van der Waals surface area contributed by atoms with Gasteiger partial charge in [0.2, 0.25) is 0 Å². The molecule has 0 spiro atoms. The zero-order valence-corrected chi connectivity index (χ0v) is 10.1. The summed E-state index contributed by atoms with van der Waals surface area (Å²) >= 11 is 0. The minimum absolute atomic E-state index is 0.0230. The third kappa shape index (κ3) is 3.42. The van der Waals surface area contributed by atoms with Crippen LogP contribution in [-0.4, -0.2) is 26.7 Å². The van der Waals surface area contributed by atoms with Gasteiger partial charge in [-0.2, -0.15) is 0 Å². The molecular formula is C12H16FNO3. The first-order valence-electron chi connectivity index (χ1n) is 5.22. The Morgan fingerprint density at radius 1 is 1.47 bits per heavy atom. The van der Waals surface area contributed by atoms with Crippen LogP contribution in [0.25, 0.3) is 0 Å². The van der Waals surface area contributed by atoms with Gasteiger partial charge in [-0.05, 0) is 19.1 Å². The molecule has 1 N–H and O–H groups in total. The molecule has 0 aliphatic rings. The molecule has 0 fully saturated rings. The van der Waals surface area contributed by atoms with Crippen molar-refractivity contribution in [1.82, 2.24) is 5.32 Å². The highest BCUT2D eigenvalue weighted by Gasteiger charge is 2.16. The van der Waals surface area contributed by atoms with E-state index in [-0.39, 0.29) is 18.4 Å². The normalized spacial score (nSPS) is 12.0. The Labute approximate surface area is 99.7 Å². The van der Waals surface area contributed by atoms with Crippen LogP contribution in [0.4, 0.5) is 4.39 Å². The van der Waals surface area contributed by atoms with Crippen molar-refractivity contribution in [3.8, 4) is 5.75 Å². The van der Waals surface area contributed by atoms with Crippen LogP contribution in [0.1, 0.15) is 18.5 Å². The van der Waals surface area contributed by atoms with E-state index in [4.69, 9.17) is 4.74 Å². The van der Waals surface area contributed by atoms with Crippen LogP contribution in [0.15, 0.2) is 18.2 Å². The molecular weight excluding hydrogens is 225 g/mol. The van der Waals surface area contributed by atoms with Crippen LogP contribution in [0.3, 0.4) is 0 Å². The summed E-state index contributed by atoms with van der Waals surface area (Å²) in [5.41, 5.74) is 0.402. The van der Waals surface area contributed by atoms with Crippen LogP contribution in [0, 0.1) is 5.82 Å². The van der Waals surface area contributed by atoms with E-state index in [2.05, 4.69) is 10.1 Å². The molecule has 0 unspecified atom stereocenters. The Kier molecular flexibility index (Phi) is 4.90. The number of rotatable bonds is 5. The van der Waals surface area contributed by atoms with E-state index in [9.17, 15) is 9.18 Å². The lowest BCUT2D eigenvalue weighted by atomic mass is 10.1. The van der Waals surface area contributed by atoms with Crippen molar-refractivity contribution < 1.29 is 18.7 Å². The maximum absolute atomic E-state index is 13.7. The molecule has 1 aromatic rings. The van der Waals surface area contributed by atoms with E-state index in [0.29, 0.717) is 11.3 Å². The highest BCUT2D eigenvalue weighted by atomic mass is 19.1. The van der Waals surface area contributed by atoms with Gasteiger partial charge in [-0.25, -0.2) is 4.39 Å². The Hall–Kier alpha value is -1.62. The first-order chi connectivity index (χ1) is 8.10. The molecule has 4 nitrogen and oxygen atoms in total. The lowest BCUT2D eigenvalue weighted by molar-refractivity contribution is -0.139. The summed E-state index contributed by atoms with van der Waals surface area (Å²) in [5, 5.41) is 2.87. The third-order valence-electron chi connectivity index (χ3n) is 2.45. The van der Waals surface area contributed by atoms with Crippen molar-refractivity contribution in [2.45, 2.75) is 13.0 Å². The molecule has 0 aromatic heterocycles. The second-order valence-electron chi connectivity index (χ2n) is 3.53. The third-order valence-corrected chi connectivity index (χ3v) is 2.45. The minimum Gasteiger partial charge on any atom is -0.496 e. The molecule has 0 bridgehead atoms. The summed E-state index contributed by atoms with van der Waals surface area (Å²) in [6, 6.07) is 4.26. The zero-order valence-electron chi connectivity index (χ0n) is 10.1. The highest BCUT2D eigenvalue weighted by Crippen LogP contribution is 2.27. The second kappa shape index (κ2) is 6.20. The van der Waals surface area contributed by atoms with Crippen LogP contribution in [0.5, 0.6) is 5.75 Å². The summed E-state index contributed by atoms with van der Waals surface area (Å²) in [5.74, 6) is -0.309. The topological polar surface area (TPSA) is 47.6 Å². The molecule has 1 rings (SSSR count). The van der Waals surface area contributed by atoms with Crippen LogP contribution >= 0.6 is 0 Å². The van der Waals surface area contributed by atoms with Crippen molar-refractivity contribution in [3.63, 3.8) is 0 Å². The summed E-state index contributed by atoms with van der Waals surface area (Å²) < 4.78 is 23.2. The van der Waals surface area contributed by atoms with Gasteiger partial charge >= 0.3 is 5.97 Å². The maximum Gasteiger partial charge on any atom is 0.319 e. The van der Waals surface area contributed by atoms with Crippen LogP contribution in [0.2, 0.25) is 0 Å². The zero-order chi connectivity index (χ0) is 12.8. The standard InChI is InChI=1S/C12H16FNO3/c1-8(14-7-11(15)17-3)12-9(13)5-4-6-10(12)16-2/h4-6,8,14H,7H2,1-3H3/t8-/m0/s1. The number of halogens is 1. The molecule has 0 amide bonds. The van der Waals surface area contributed by atoms with Crippen molar-refractivity contribution in [2.24, 2.45) is 0 Å². The van der Waals surface area contributed by atoms with E-state index >= 15 is 0 Å². The maximum atomic E-state index is 13.7. The fraction of sp³-hybridized carbons (Fsp3) is 0.417.